The Balaban J connectivity index is 1.18. The van der Waals surface area contributed by atoms with Crippen molar-refractivity contribution in [2.24, 2.45) is 16.6 Å². The lowest BCUT2D eigenvalue weighted by molar-refractivity contribution is -0.175. The van der Waals surface area contributed by atoms with Crippen LogP contribution in [-0.4, -0.2) is 78.5 Å². The number of aliphatic imine (C=N–C) groups is 1. The number of piperidine rings is 2. The molecule has 0 radical (unpaired) electrons. The number of hydrogen-bond acceptors (Lipinski definition) is 6. The molecule has 0 aromatic heterocycles. The zero-order valence-electron chi connectivity index (χ0n) is 21.6. The lowest BCUT2D eigenvalue weighted by Gasteiger charge is -2.47. The number of carbonyl (C=O) groups excluding carboxylic acids is 2. The van der Waals surface area contributed by atoms with Crippen LogP contribution in [0.1, 0.15) is 50.1 Å². The molecule has 5 rings (SSSR count). The molecule has 2 saturated heterocycles. The van der Waals surface area contributed by atoms with Crippen LogP contribution in [0, 0.1) is 11.7 Å². The maximum absolute atomic E-state index is 13.9. The molecular weight excluding hydrogens is 518 g/mol. The van der Waals surface area contributed by atoms with E-state index in [0.717, 1.165) is 45.0 Å². The van der Waals surface area contributed by atoms with E-state index < -0.39 is 29.5 Å². The van der Waals surface area contributed by atoms with Crippen LogP contribution in [0.25, 0.3) is 0 Å². The van der Waals surface area contributed by atoms with Gasteiger partial charge in [-0.3, -0.25) is 19.5 Å². The molecule has 0 bridgehead atoms. The zero-order valence-corrected chi connectivity index (χ0v) is 21.6. The highest BCUT2D eigenvalue weighted by Crippen LogP contribution is 2.45. The molecule has 4 aliphatic rings. The van der Waals surface area contributed by atoms with Gasteiger partial charge in [0.15, 0.2) is 0 Å². The number of likely N-dealkylation sites (tertiary alicyclic amines) is 2. The summed E-state index contributed by atoms with van der Waals surface area (Å²) >= 11 is 0. The summed E-state index contributed by atoms with van der Waals surface area (Å²) in [6.07, 6.45) is 1.65. The molecule has 212 valence electrons. The van der Waals surface area contributed by atoms with Crippen molar-refractivity contribution in [3.8, 4) is 5.75 Å². The summed E-state index contributed by atoms with van der Waals surface area (Å²) in [4.78, 5) is 33.3. The largest absolute Gasteiger partial charge is 0.487 e. The lowest BCUT2D eigenvalue weighted by Crippen LogP contribution is -2.55. The summed E-state index contributed by atoms with van der Waals surface area (Å²) in [7, 11) is 0. The number of alkyl halides is 3. The number of rotatable bonds is 4. The predicted octanol–water partition coefficient (Wildman–Crippen LogP) is 3.09. The molecule has 3 N–H and O–H groups in total. The topological polar surface area (TPSA) is 100 Å². The number of nitrogens with one attached hydrogen (secondary N) is 1. The first-order valence-electron chi connectivity index (χ1n) is 13.4. The van der Waals surface area contributed by atoms with Crippen molar-refractivity contribution in [2.45, 2.75) is 62.5 Å². The first kappa shape index (κ1) is 27.6. The third-order valence-electron chi connectivity index (χ3n) is 8.22. The van der Waals surface area contributed by atoms with Crippen LogP contribution in [0.15, 0.2) is 34.8 Å². The van der Waals surface area contributed by atoms with Gasteiger partial charge in [-0.05, 0) is 50.2 Å². The third-order valence-corrected chi connectivity index (χ3v) is 8.22. The molecule has 8 nitrogen and oxygen atoms in total. The summed E-state index contributed by atoms with van der Waals surface area (Å²) in [5.74, 6) is -2.43. The van der Waals surface area contributed by atoms with Gasteiger partial charge in [0.25, 0.3) is 0 Å². The number of carbonyl (C=O) groups is 2. The van der Waals surface area contributed by atoms with Gasteiger partial charge in [-0.25, -0.2) is 4.39 Å². The van der Waals surface area contributed by atoms with E-state index in [0.29, 0.717) is 25.9 Å². The minimum atomic E-state index is -5.06. The summed E-state index contributed by atoms with van der Waals surface area (Å²) in [6, 6.07) is 2.61. The molecule has 1 aromatic carbocycles. The Kier molecular flexibility index (Phi) is 7.69. The molecule has 4 heterocycles. The number of ether oxygens (including phenoxy) is 1. The van der Waals surface area contributed by atoms with Gasteiger partial charge in [0.2, 0.25) is 5.91 Å². The van der Waals surface area contributed by atoms with Crippen LogP contribution in [0.4, 0.5) is 17.6 Å². The standard InChI is InChI=1S/C27H33F4N5O3/c28-19-1-2-22-20(14-19)21(34-25(38)27(29,30)31)15-26(39-22)6-11-36(12-7-26)24(37)18-4-9-35(10-5-18)16-17-3-8-33-23(32)13-17/h1-3,8,14,18,21,23H,4-7,9-13,15-16,32H2,(H,34,38). The molecule has 2 amide bonds. The van der Waals surface area contributed by atoms with Crippen molar-refractivity contribution < 1.29 is 31.9 Å². The fourth-order valence-electron chi connectivity index (χ4n) is 6.10. The number of fused-ring (bicyclic) bond motifs is 1. The molecule has 4 aliphatic heterocycles. The smallest absolute Gasteiger partial charge is 0.471 e. The van der Waals surface area contributed by atoms with E-state index in [1.165, 1.54) is 17.7 Å². The first-order chi connectivity index (χ1) is 18.5. The Morgan fingerprint density at radius 2 is 1.87 bits per heavy atom. The monoisotopic (exact) mass is 551 g/mol. The number of amides is 2. The maximum Gasteiger partial charge on any atom is 0.471 e. The van der Waals surface area contributed by atoms with Gasteiger partial charge in [-0.15, -0.1) is 0 Å². The van der Waals surface area contributed by atoms with E-state index >= 15 is 0 Å². The number of allylic oxidation sites excluding steroid dienone is 1. The maximum atomic E-state index is 13.9. The molecule has 2 fully saturated rings. The molecule has 0 aliphatic carbocycles. The van der Waals surface area contributed by atoms with Crippen molar-refractivity contribution in [3.63, 3.8) is 0 Å². The quantitative estimate of drug-likeness (QED) is 0.561. The Hall–Kier alpha value is -2.99. The van der Waals surface area contributed by atoms with Gasteiger partial charge in [-0.2, -0.15) is 13.2 Å². The fraction of sp³-hybridized carbons (Fsp3) is 0.593. The highest BCUT2D eigenvalue weighted by Gasteiger charge is 2.47. The van der Waals surface area contributed by atoms with Crippen LogP contribution in [-0.2, 0) is 9.59 Å². The van der Waals surface area contributed by atoms with E-state index in [-0.39, 0.29) is 35.7 Å². The van der Waals surface area contributed by atoms with Gasteiger partial charge in [0, 0.05) is 63.0 Å². The van der Waals surface area contributed by atoms with Gasteiger partial charge < -0.3 is 20.7 Å². The van der Waals surface area contributed by atoms with Crippen molar-refractivity contribution >= 4 is 18.0 Å². The lowest BCUT2D eigenvalue weighted by atomic mass is 9.80. The van der Waals surface area contributed by atoms with E-state index in [9.17, 15) is 27.2 Å². The Morgan fingerprint density at radius 3 is 2.54 bits per heavy atom. The molecule has 0 saturated carbocycles. The van der Waals surface area contributed by atoms with Crippen LogP contribution < -0.4 is 15.8 Å². The van der Waals surface area contributed by atoms with E-state index in [2.05, 4.69) is 9.89 Å². The number of benzene rings is 1. The minimum absolute atomic E-state index is 0.0654. The predicted molar refractivity (Wildman–Crippen MR) is 135 cm³/mol. The average Bonchev–Trinajstić information content (AvgIpc) is 2.89. The van der Waals surface area contributed by atoms with Gasteiger partial charge in [0.05, 0.1) is 6.04 Å². The first-order valence-corrected chi connectivity index (χ1v) is 13.4. The zero-order chi connectivity index (χ0) is 27.8. The number of halogens is 4. The molecule has 1 spiro atoms. The van der Waals surface area contributed by atoms with Crippen LogP contribution >= 0.6 is 0 Å². The normalized spacial score (nSPS) is 25.6. The van der Waals surface area contributed by atoms with Crippen molar-refractivity contribution in [3.05, 3.63) is 41.2 Å². The second-order valence-corrected chi connectivity index (χ2v) is 11.0. The second kappa shape index (κ2) is 10.9. The van der Waals surface area contributed by atoms with Gasteiger partial charge >= 0.3 is 12.1 Å². The Morgan fingerprint density at radius 1 is 1.15 bits per heavy atom. The molecule has 12 heteroatoms. The molecular formula is C27H33F4N5O3. The minimum Gasteiger partial charge on any atom is -0.487 e. The highest BCUT2D eigenvalue weighted by molar-refractivity contribution is 5.82. The number of dihydropyridines is 1. The molecule has 2 atom stereocenters. The van der Waals surface area contributed by atoms with Gasteiger partial charge in [-0.1, -0.05) is 5.57 Å². The van der Waals surface area contributed by atoms with Gasteiger partial charge in [0.1, 0.15) is 23.3 Å². The van der Waals surface area contributed by atoms with Crippen molar-refractivity contribution in [1.82, 2.24) is 15.1 Å². The van der Waals surface area contributed by atoms with E-state index in [1.807, 2.05) is 16.3 Å². The number of nitrogens with zero attached hydrogens (tertiary/aromatic N) is 3. The summed E-state index contributed by atoms with van der Waals surface area (Å²) in [5, 5.41) is 2.02. The van der Waals surface area contributed by atoms with Crippen LogP contribution in [0.3, 0.4) is 0 Å². The SMILES string of the molecule is NC1CC(CN2CCC(C(=O)N3CCC4(CC3)CC(NC(=O)C(F)(F)F)c3cc(F)ccc3O4)CC2)=CC=N1. The number of hydrogen-bond donors (Lipinski definition) is 2. The summed E-state index contributed by atoms with van der Waals surface area (Å²) < 4.78 is 59.1. The highest BCUT2D eigenvalue weighted by atomic mass is 19.4. The Labute approximate surface area is 224 Å². The fourth-order valence-corrected chi connectivity index (χ4v) is 6.10. The molecule has 1 aromatic rings. The Bertz CT molecular complexity index is 1150. The average molecular weight is 552 g/mol. The van der Waals surface area contributed by atoms with Crippen LogP contribution in [0.2, 0.25) is 0 Å². The van der Waals surface area contributed by atoms with Crippen molar-refractivity contribution in [2.75, 3.05) is 32.7 Å². The van der Waals surface area contributed by atoms with Crippen LogP contribution in [0.5, 0.6) is 5.75 Å². The van der Waals surface area contributed by atoms with Crippen molar-refractivity contribution in [1.29, 1.82) is 0 Å². The number of nitrogens with two attached hydrogens (primary N) is 1. The van der Waals surface area contributed by atoms with E-state index in [1.54, 1.807) is 6.21 Å². The second-order valence-electron chi connectivity index (χ2n) is 11.0. The molecule has 2 unspecified atom stereocenters. The van der Waals surface area contributed by atoms with E-state index in [4.69, 9.17) is 10.5 Å². The third kappa shape index (κ3) is 6.27. The summed E-state index contributed by atoms with van der Waals surface area (Å²) in [6.45, 7) is 3.25. The summed E-state index contributed by atoms with van der Waals surface area (Å²) in [5.41, 5.74) is 6.48. The molecule has 39 heavy (non-hydrogen) atoms.